The van der Waals surface area contributed by atoms with E-state index in [0.717, 1.165) is 32.4 Å². The van der Waals surface area contributed by atoms with E-state index in [0.29, 0.717) is 68.8 Å². The third-order valence-corrected chi connectivity index (χ3v) is 9.19. The predicted octanol–water partition coefficient (Wildman–Crippen LogP) is 1.37. The van der Waals surface area contributed by atoms with Gasteiger partial charge in [0, 0.05) is 70.5 Å². The number of ether oxygens (including phenoxy) is 1. The summed E-state index contributed by atoms with van der Waals surface area (Å²) in [7, 11) is -2.10. The summed E-state index contributed by atoms with van der Waals surface area (Å²) in [5.74, 6) is 0.294. The third-order valence-electron chi connectivity index (χ3n) is 6.92. The first kappa shape index (κ1) is 26.9. The van der Waals surface area contributed by atoms with Crippen LogP contribution < -0.4 is 10.1 Å². The third kappa shape index (κ3) is 6.41. The van der Waals surface area contributed by atoms with Gasteiger partial charge in [-0.2, -0.15) is 17.0 Å². The molecule has 3 aliphatic rings. The maximum Gasteiger partial charge on any atom is 0.320 e. The molecule has 3 fully saturated rings. The summed E-state index contributed by atoms with van der Waals surface area (Å²) >= 11 is 6.03. The average Bonchev–Trinajstić information content (AvgIpc) is 2.89. The van der Waals surface area contributed by atoms with Crippen LogP contribution in [-0.4, -0.2) is 123 Å². The van der Waals surface area contributed by atoms with Crippen LogP contribution in [0.4, 0.5) is 10.5 Å². The molecule has 3 aliphatic heterocycles. The number of carbonyl (C=O) groups excluding carboxylic acids is 2. The molecule has 1 aromatic carbocycles. The second-order valence-corrected chi connectivity index (χ2v) is 11.7. The molecule has 4 rings (SSSR count). The van der Waals surface area contributed by atoms with E-state index in [1.165, 1.54) is 15.7 Å². The van der Waals surface area contributed by atoms with Gasteiger partial charge < -0.3 is 19.9 Å². The number of rotatable bonds is 6. The SMILES string of the molecule is COc1ccc(Cl)cc1NC(=O)CN1CCN(S(=O)(=O)N2CCN(C(=O)N3CCCCC3)CC2)CC1. The zero-order valence-electron chi connectivity index (χ0n) is 20.7. The molecule has 0 atom stereocenters. The molecule has 1 N–H and O–H groups in total. The average molecular weight is 543 g/mol. The second-order valence-electron chi connectivity index (χ2n) is 9.29. The molecule has 3 heterocycles. The van der Waals surface area contributed by atoms with Crippen LogP contribution in [0.1, 0.15) is 19.3 Å². The summed E-state index contributed by atoms with van der Waals surface area (Å²) in [6, 6.07) is 5.02. The standard InChI is InChI=1S/C23H35ClN6O5S/c1-35-21-6-5-19(24)17-20(21)25-22(31)18-26-9-13-29(14-10-26)36(33,34)30-15-11-28(12-16-30)23(32)27-7-3-2-4-8-27/h5-6,17H,2-4,7-16,18H2,1H3,(H,25,31). The number of anilines is 1. The Bertz CT molecular complexity index is 1040. The molecule has 0 saturated carbocycles. The molecule has 0 radical (unpaired) electrons. The Labute approximate surface area is 218 Å². The van der Waals surface area contributed by atoms with Crippen molar-refractivity contribution in [1.82, 2.24) is 23.3 Å². The highest BCUT2D eigenvalue weighted by Gasteiger charge is 2.36. The fraction of sp³-hybridized carbons (Fsp3) is 0.652. The highest BCUT2D eigenvalue weighted by molar-refractivity contribution is 7.86. The number of methoxy groups -OCH3 is 1. The number of hydrogen-bond donors (Lipinski definition) is 1. The number of benzene rings is 1. The molecule has 0 unspecified atom stereocenters. The molecule has 3 amide bonds. The minimum Gasteiger partial charge on any atom is -0.495 e. The second kappa shape index (κ2) is 12.0. The number of halogens is 1. The number of urea groups is 1. The summed E-state index contributed by atoms with van der Waals surface area (Å²) in [6.07, 6.45) is 3.22. The van der Waals surface area contributed by atoms with Gasteiger partial charge in [-0.3, -0.25) is 9.69 Å². The molecule has 1 aromatic rings. The van der Waals surface area contributed by atoms with E-state index in [4.69, 9.17) is 16.3 Å². The number of piperidine rings is 1. The highest BCUT2D eigenvalue weighted by Crippen LogP contribution is 2.27. The fourth-order valence-electron chi connectivity index (χ4n) is 4.85. The normalized spacial score (nSPS) is 20.8. The van der Waals surface area contributed by atoms with Crippen LogP contribution in [-0.2, 0) is 15.0 Å². The van der Waals surface area contributed by atoms with Crippen molar-refractivity contribution in [3.63, 3.8) is 0 Å². The lowest BCUT2D eigenvalue weighted by molar-refractivity contribution is -0.117. The summed E-state index contributed by atoms with van der Waals surface area (Å²) < 4.78 is 34.6. The summed E-state index contributed by atoms with van der Waals surface area (Å²) in [6.45, 7) is 4.63. The minimum absolute atomic E-state index is 0.0223. The van der Waals surface area contributed by atoms with Crippen molar-refractivity contribution in [2.24, 2.45) is 0 Å². The van der Waals surface area contributed by atoms with Gasteiger partial charge in [0.25, 0.3) is 10.2 Å². The van der Waals surface area contributed by atoms with E-state index in [-0.39, 0.29) is 18.5 Å². The first-order valence-electron chi connectivity index (χ1n) is 12.4. The lowest BCUT2D eigenvalue weighted by atomic mass is 10.1. The van der Waals surface area contributed by atoms with Crippen molar-refractivity contribution >= 4 is 39.4 Å². The zero-order valence-corrected chi connectivity index (χ0v) is 22.3. The number of amides is 3. The van der Waals surface area contributed by atoms with Crippen LogP contribution >= 0.6 is 11.6 Å². The van der Waals surface area contributed by atoms with Crippen molar-refractivity contribution in [2.45, 2.75) is 19.3 Å². The fourth-order valence-corrected chi connectivity index (χ4v) is 6.60. The van der Waals surface area contributed by atoms with E-state index in [2.05, 4.69) is 5.32 Å². The van der Waals surface area contributed by atoms with Gasteiger partial charge >= 0.3 is 6.03 Å². The maximum absolute atomic E-state index is 13.2. The number of carbonyl (C=O) groups is 2. The molecule has 0 aliphatic carbocycles. The van der Waals surface area contributed by atoms with Crippen LogP contribution in [0.25, 0.3) is 0 Å². The molecule has 13 heteroatoms. The summed E-state index contributed by atoms with van der Waals surface area (Å²) in [5.41, 5.74) is 0.495. The Morgan fingerprint density at radius 2 is 1.47 bits per heavy atom. The van der Waals surface area contributed by atoms with Crippen LogP contribution in [0.2, 0.25) is 5.02 Å². The highest BCUT2D eigenvalue weighted by atomic mass is 35.5. The zero-order chi connectivity index (χ0) is 25.7. The van der Waals surface area contributed by atoms with Crippen molar-refractivity contribution in [2.75, 3.05) is 84.4 Å². The van der Waals surface area contributed by atoms with Gasteiger partial charge in [-0.25, -0.2) is 4.79 Å². The van der Waals surface area contributed by atoms with Crippen molar-refractivity contribution in [3.05, 3.63) is 23.2 Å². The number of piperazine rings is 2. The van der Waals surface area contributed by atoms with E-state index in [9.17, 15) is 18.0 Å². The van der Waals surface area contributed by atoms with Crippen molar-refractivity contribution in [3.8, 4) is 5.75 Å². The van der Waals surface area contributed by atoms with E-state index in [1.54, 1.807) is 23.1 Å². The topological polar surface area (TPSA) is 106 Å². The molecule has 3 saturated heterocycles. The smallest absolute Gasteiger partial charge is 0.320 e. The van der Waals surface area contributed by atoms with Gasteiger partial charge in [-0.05, 0) is 37.5 Å². The van der Waals surface area contributed by atoms with Crippen LogP contribution in [0.5, 0.6) is 5.75 Å². The Morgan fingerprint density at radius 3 is 2.08 bits per heavy atom. The molecule has 36 heavy (non-hydrogen) atoms. The first-order valence-corrected chi connectivity index (χ1v) is 14.2. The van der Waals surface area contributed by atoms with E-state index in [1.807, 2.05) is 9.80 Å². The maximum atomic E-state index is 13.2. The van der Waals surface area contributed by atoms with Gasteiger partial charge in [0.05, 0.1) is 19.3 Å². The summed E-state index contributed by atoms with van der Waals surface area (Å²) in [4.78, 5) is 30.9. The Morgan fingerprint density at radius 1 is 0.889 bits per heavy atom. The quantitative estimate of drug-likeness (QED) is 0.582. The van der Waals surface area contributed by atoms with Gasteiger partial charge in [-0.1, -0.05) is 11.6 Å². The van der Waals surface area contributed by atoms with E-state index >= 15 is 0 Å². The van der Waals surface area contributed by atoms with Crippen molar-refractivity contribution in [1.29, 1.82) is 0 Å². The Kier molecular flexibility index (Phi) is 8.94. The van der Waals surface area contributed by atoms with Gasteiger partial charge in [0.15, 0.2) is 0 Å². The molecular weight excluding hydrogens is 508 g/mol. The number of hydrogen-bond acceptors (Lipinski definition) is 6. The van der Waals surface area contributed by atoms with Gasteiger partial charge in [-0.15, -0.1) is 0 Å². The van der Waals surface area contributed by atoms with E-state index < -0.39 is 10.2 Å². The molecule has 0 aromatic heterocycles. The predicted molar refractivity (Wildman–Crippen MR) is 138 cm³/mol. The van der Waals surface area contributed by atoms with Gasteiger partial charge in [0.2, 0.25) is 5.91 Å². The number of nitrogens with zero attached hydrogens (tertiary/aromatic N) is 5. The minimum atomic E-state index is -3.62. The summed E-state index contributed by atoms with van der Waals surface area (Å²) in [5, 5.41) is 3.30. The Hall–Kier alpha value is -2.12. The number of likely N-dealkylation sites (tertiary alicyclic amines) is 1. The molecule has 0 bridgehead atoms. The van der Waals surface area contributed by atoms with Gasteiger partial charge in [0.1, 0.15) is 5.75 Å². The molecular formula is C23H35ClN6O5S. The molecule has 0 spiro atoms. The lowest BCUT2D eigenvalue weighted by Gasteiger charge is -2.41. The number of nitrogens with one attached hydrogen (secondary N) is 1. The van der Waals surface area contributed by atoms with Crippen molar-refractivity contribution < 1.29 is 22.7 Å². The lowest BCUT2D eigenvalue weighted by Crippen LogP contribution is -2.59. The first-order chi connectivity index (χ1) is 17.3. The van der Waals surface area contributed by atoms with Crippen LogP contribution in [0, 0.1) is 0 Å². The largest absolute Gasteiger partial charge is 0.495 e. The Balaban J connectivity index is 1.23. The monoisotopic (exact) mass is 542 g/mol. The molecule has 11 nitrogen and oxygen atoms in total. The van der Waals surface area contributed by atoms with Crippen LogP contribution in [0.15, 0.2) is 18.2 Å². The molecule has 200 valence electrons. The van der Waals surface area contributed by atoms with Crippen LogP contribution in [0.3, 0.4) is 0 Å².